The first-order valence-corrected chi connectivity index (χ1v) is 14.4. The van der Waals surface area contributed by atoms with Crippen molar-refractivity contribution in [3.05, 3.63) is 48.3 Å². The van der Waals surface area contributed by atoms with Crippen LogP contribution < -0.4 is 10.6 Å². The van der Waals surface area contributed by atoms with Gasteiger partial charge in [0, 0.05) is 49.6 Å². The molecule has 1 aromatic carbocycles. The van der Waals surface area contributed by atoms with Crippen molar-refractivity contribution in [1.29, 1.82) is 0 Å². The van der Waals surface area contributed by atoms with E-state index >= 15 is 0 Å². The fourth-order valence-electron chi connectivity index (χ4n) is 5.49. The molecular weight excluding hydrogens is 549 g/mol. The topological polar surface area (TPSA) is 105 Å². The maximum Gasteiger partial charge on any atom is 0.389 e. The van der Waals surface area contributed by atoms with E-state index in [4.69, 9.17) is 9.72 Å². The summed E-state index contributed by atoms with van der Waals surface area (Å²) in [6.45, 7) is 4.82. The zero-order valence-electron chi connectivity index (χ0n) is 23.8. The number of aromatic nitrogens is 3. The number of aliphatic hydroxyl groups is 1. The van der Waals surface area contributed by atoms with Crippen molar-refractivity contribution < 1.29 is 27.8 Å². The number of rotatable bonds is 8. The number of carbonyl (C=O) groups excluding carboxylic acids is 1. The minimum absolute atomic E-state index is 0.0704. The van der Waals surface area contributed by atoms with Gasteiger partial charge in [-0.15, -0.1) is 0 Å². The van der Waals surface area contributed by atoms with E-state index in [9.17, 15) is 23.1 Å². The zero-order chi connectivity index (χ0) is 29.9. The number of hydrogen-bond acceptors (Lipinski definition) is 6. The molecule has 2 aliphatic heterocycles. The average molecular weight is 587 g/mol. The van der Waals surface area contributed by atoms with E-state index < -0.39 is 24.5 Å². The number of benzene rings is 1. The Hall–Kier alpha value is -3.64. The van der Waals surface area contributed by atoms with Gasteiger partial charge >= 0.3 is 12.2 Å². The predicted molar refractivity (Wildman–Crippen MR) is 154 cm³/mol. The summed E-state index contributed by atoms with van der Waals surface area (Å²) in [5, 5.41) is 20.3. The number of carbonyl (C=O) groups is 1. The van der Waals surface area contributed by atoms with Gasteiger partial charge in [-0.3, -0.25) is 0 Å². The van der Waals surface area contributed by atoms with Gasteiger partial charge in [-0.1, -0.05) is 6.07 Å². The van der Waals surface area contributed by atoms with E-state index in [0.29, 0.717) is 30.2 Å². The van der Waals surface area contributed by atoms with Crippen LogP contribution in [0.4, 0.5) is 29.5 Å². The lowest BCUT2D eigenvalue weighted by Gasteiger charge is -2.22. The Kier molecular flexibility index (Phi) is 9.02. The first kappa shape index (κ1) is 29.8. The number of nitrogens with zero attached hydrogens (tertiary/aromatic N) is 4. The highest BCUT2D eigenvalue weighted by molar-refractivity contribution is 5.91. The molecule has 2 unspecified atom stereocenters. The Morgan fingerprint density at radius 3 is 2.76 bits per heavy atom. The van der Waals surface area contributed by atoms with E-state index in [1.165, 1.54) is 4.90 Å². The fourth-order valence-corrected chi connectivity index (χ4v) is 5.49. The van der Waals surface area contributed by atoms with E-state index in [-0.39, 0.29) is 32.0 Å². The number of alkyl halides is 3. The van der Waals surface area contributed by atoms with Gasteiger partial charge in [-0.05, 0) is 86.4 Å². The Balaban J connectivity index is 1.40. The van der Waals surface area contributed by atoms with Gasteiger partial charge in [0.25, 0.3) is 0 Å². The van der Waals surface area contributed by atoms with Gasteiger partial charge < -0.3 is 25.4 Å². The molecule has 12 heteroatoms. The first-order valence-electron chi connectivity index (χ1n) is 14.4. The van der Waals surface area contributed by atoms with Gasteiger partial charge in [0.2, 0.25) is 0 Å². The van der Waals surface area contributed by atoms with Crippen molar-refractivity contribution >= 4 is 17.5 Å². The summed E-state index contributed by atoms with van der Waals surface area (Å²) in [4.78, 5) is 19.1. The highest BCUT2D eigenvalue weighted by atomic mass is 19.4. The number of aryl methyl sites for hydroxylation is 1. The Morgan fingerprint density at radius 1 is 1.19 bits per heavy atom. The molecule has 42 heavy (non-hydrogen) atoms. The van der Waals surface area contributed by atoms with Crippen LogP contribution in [0.25, 0.3) is 22.4 Å². The van der Waals surface area contributed by atoms with Crippen molar-refractivity contribution in [2.75, 3.05) is 36.9 Å². The first-order chi connectivity index (χ1) is 20.1. The average Bonchev–Trinajstić information content (AvgIpc) is 3.64. The van der Waals surface area contributed by atoms with Gasteiger partial charge in [-0.2, -0.15) is 18.3 Å². The number of nitrogens with one attached hydrogen (secondary N) is 2. The fraction of sp³-hybridized carbons (Fsp3) is 0.500. The van der Waals surface area contributed by atoms with Crippen molar-refractivity contribution in [3.63, 3.8) is 0 Å². The van der Waals surface area contributed by atoms with Gasteiger partial charge in [-0.25, -0.2) is 14.5 Å². The third-order valence-corrected chi connectivity index (χ3v) is 7.73. The molecule has 2 aliphatic rings. The largest absolute Gasteiger partial charge is 0.394 e. The van der Waals surface area contributed by atoms with Gasteiger partial charge in [0.05, 0.1) is 18.5 Å². The second-order valence-corrected chi connectivity index (χ2v) is 11.3. The molecule has 3 aromatic rings. The summed E-state index contributed by atoms with van der Waals surface area (Å²) in [5.41, 5.74) is 4.70. The van der Waals surface area contributed by atoms with Crippen LogP contribution in [0.2, 0.25) is 0 Å². The molecule has 3 N–H and O–H groups in total. The second-order valence-electron chi connectivity index (χ2n) is 11.3. The minimum atomic E-state index is -4.24. The summed E-state index contributed by atoms with van der Waals surface area (Å²) in [6.07, 6.45) is 1.81. The molecule has 0 aliphatic carbocycles. The smallest absolute Gasteiger partial charge is 0.389 e. The summed E-state index contributed by atoms with van der Waals surface area (Å²) >= 11 is 0. The number of amides is 2. The number of aliphatic hydroxyl groups excluding tert-OH is 1. The van der Waals surface area contributed by atoms with Crippen LogP contribution in [0.1, 0.15) is 50.8 Å². The predicted octanol–water partition coefficient (Wildman–Crippen LogP) is 6.22. The Bertz CT molecular complexity index is 1390. The molecule has 2 amide bonds. The van der Waals surface area contributed by atoms with Crippen LogP contribution >= 0.6 is 0 Å². The molecule has 0 saturated carbocycles. The quantitative estimate of drug-likeness (QED) is 0.290. The number of halogens is 3. The van der Waals surface area contributed by atoms with E-state index in [1.54, 1.807) is 12.3 Å². The van der Waals surface area contributed by atoms with Crippen LogP contribution in [-0.2, 0) is 4.74 Å². The highest BCUT2D eigenvalue weighted by Crippen LogP contribution is 2.34. The zero-order valence-corrected chi connectivity index (χ0v) is 23.8. The maximum absolute atomic E-state index is 12.9. The highest BCUT2D eigenvalue weighted by Gasteiger charge is 2.36. The number of urea groups is 1. The monoisotopic (exact) mass is 586 g/mol. The molecule has 0 radical (unpaired) electrons. The van der Waals surface area contributed by atoms with E-state index in [1.807, 2.05) is 49.0 Å². The molecule has 5 rings (SSSR count). The third kappa shape index (κ3) is 7.40. The van der Waals surface area contributed by atoms with Crippen LogP contribution in [0.3, 0.4) is 0 Å². The SMILES string of the molecule is Cc1ccc(NC(=O)N2CCC(CC(F)(F)F)C2)cc1-c1cc(N[C@@H](C)CO)nc(-c2cnn(C3CCCCO3)c2)c1. The molecular formula is C30H37F3N6O3. The molecule has 4 heterocycles. The summed E-state index contributed by atoms with van der Waals surface area (Å²) in [5.74, 6) is -0.00633. The third-order valence-electron chi connectivity index (χ3n) is 7.73. The van der Waals surface area contributed by atoms with Crippen molar-refractivity contribution in [2.45, 2.75) is 64.4 Å². The summed E-state index contributed by atoms with van der Waals surface area (Å²) in [6, 6.07) is 8.73. The molecule has 9 nitrogen and oxygen atoms in total. The number of anilines is 2. The normalized spacial score (nSPS) is 20.0. The number of pyridine rings is 1. The van der Waals surface area contributed by atoms with Crippen molar-refractivity contribution in [1.82, 2.24) is 19.7 Å². The molecule has 0 bridgehead atoms. The Labute approximate surface area is 243 Å². The molecule has 226 valence electrons. The van der Waals surface area contributed by atoms with Crippen LogP contribution in [-0.4, -0.2) is 69.3 Å². The molecule has 2 saturated heterocycles. The van der Waals surface area contributed by atoms with Crippen molar-refractivity contribution in [3.8, 4) is 22.4 Å². The lowest BCUT2D eigenvalue weighted by atomic mass is 9.99. The van der Waals surface area contributed by atoms with Crippen LogP contribution in [0, 0.1) is 12.8 Å². The summed E-state index contributed by atoms with van der Waals surface area (Å²) in [7, 11) is 0. The lowest BCUT2D eigenvalue weighted by molar-refractivity contribution is -0.143. The second kappa shape index (κ2) is 12.7. The molecule has 2 fully saturated rings. The van der Waals surface area contributed by atoms with Crippen molar-refractivity contribution in [2.24, 2.45) is 5.92 Å². The minimum Gasteiger partial charge on any atom is -0.394 e. The number of likely N-dealkylation sites (tertiary alicyclic amines) is 1. The van der Waals surface area contributed by atoms with Crippen LogP contribution in [0.5, 0.6) is 0 Å². The number of hydrogen-bond donors (Lipinski definition) is 3. The van der Waals surface area contributed by atoms with Gasteiger partial charge in [0.1, 0.15) is 12.0 Å². The molecule has 3 atom stereocenters. The Morgan fingerprint density at radius 2 is 2.02 bits per heavy atom. The van der Waals surface area contributed by atoms with E-state index in [0.717, 1.165) is 41.5 Å². The molecule has 2 aromatic heterocycles. The lowest BCUT2D eigenvalue weighted by Crippen LogP contribution is -2.33. The van der Waals surface area contributed by atoms with Gasteiger partial charge in [0.15, 0.2) is 0 Å². The van der Waals surface area contributed by atoms with E-state index in [2.05, 4.69) is 15.7 Å². The standard InChI is InChI=1S/C30H37F3N6O3/c1-19-6-7-24(36-29(41)38-9-8-21(16-38)14-30(31,32)33)13-25(19)22-11-26(37-27(12-22)35-20(2)18-40)23-15-34-39(17-23)28-5-3-4-10-42-28/h6-7,11-13,15,17,20-21,28,40H,3-5,8-10,14,16,18H2,1-2H3,(H,35,37)(H,36,41)/t20-,21?,28?/m0/s1. The number of ether oxygens (including phenoxy) is 1. The molecule has 0 spiro atoms. The van der Waals surface area contributed by atoms with Crippen LogP contribution in [0.15, 0.2) is 42.7 Å². The summed E-state index contributed by atoms with van der Waals surface area (Å²) < 4.78 is 46.1. The maximum atomic E-state index is 12.9.